The molecule has 0 unspecified atom stereocenters. The normalized spacial score (nSPS) is 14.5. The lowest BCUT2D eigenvalue weighted by Crippen LogP contribution is -2.11. The van der Waals surface area contributed by atoms with Crippen LogP contribution in [0.4, 0.5) is 0 Å². The highest BCUT2D eigenvalue weighted by molar-refractivity contribution is 4.50. The van der Waals surface area contributed by atoms with Crippen molar-refractivity contribution in [1.82, 2.24) is 5.73 Å². The highest BCUT2D eigenvalue weighted by Gasteiger charge is 1.91. The maximum absolute atomic E-state index is 8.15. The largest absolute Gasteiger partial charge is 0.395 e. The zero-order valence-electron chi connectivity index (χ0n) is 3.94. The van der Waals surface area contributed by atoms with E-state index in [1.165, 1.54) is 0 Å². The SMILES string of the molecule is CC[C@@H]([NH])CO. The predicted octanol–water partition coefficient (Wildman–Crippen LogP) is 0.0402. The molecule has 0 fully saturated rings. The molecular weight excluding hydrogens is 78.0 g/mol. The molecule has 0 aromatic heterocycles. The van der Waals surface area contributed by atoms with Crippen molar-refractivity contribution < 1.29 is 5.11 Å². The molecule has 2 nitrogen and oxygen atoms in total. The van der Waals surface area contributed by atoms with Gasteiger partial charge in [0.1, 0.15) is 0 Å². The van der Waals surface area contributed by atoms with Gasteiger partial charge in [0.15, 0.2) is 0 Å². The summed E-state index contributed by atoms with van der Waals surface area (Å²) >= 11 is 0. The van der Waals surface area contributed by atoms with Crippen LogP contribution in [0.25, 0.3) is 0 Å². The molecule has 2 heteroatoms. The number of aliphatic hydroxyl groups is 1. The maximum Gasteiger partial charge on any atom is 0.0598 e. The average molecular weight is 88.1 g/mol. The second-order valence-corrected chi connectivity index (χ2v) is 1.29. The van der Waals surface area contributed by atoms with Gasteiger partial charge < -0.3 is 5.11 Å². The Labute approximate surface area is 38.0 Å². The van der Waals surface area contributed by atoms with E-state index in [9.17, 15) is 0 Å². The highest BCUT2D eigenvalue weighted by Crippen LogP contribution is 1.82. The Morgan fingerprint density at radius 3 is 2.33 bits per heavy atom. The molecule has 37 valence electrons. The minimum Gasteiger partial charge on any atom is -0.395 e. The Bertz CT molecular complexity index is 26.7. The standard InChI is InChI=1S/C4H10NO/c1-2-4(5)3-6/h4-6H,2-3H2,1H3/t4-/m1/s1. The van der Waals surface area contributed by atoms with Gasteiger partial charge in [-0.3, -0.25) is 5.73 Å². The van der Waals surface area contributed by atoms with Crippen molar-refractivity contribution in [2.75, 3.05) is 6.61 Å². The first kappa shape index (κ1) is 5.92. The van der Waals surface area contributed by atoms with Gasteiger partial charge in [-0.1, -0.05) is 6.92 Å². The quantitative estimate of drug-likeness (QED) is 0.509. The lowest BCUT2D eigenvalue weighted by Gasteiger charge is -1.97. The third-order valence-corrected chi connectivity index (χ3v) is 0.713. The highest BCUT2D eigenvalue weighted by atomic mass is 16.3. The van der Waals surface area contributed by atoms with E-state index in [1.54, 1.807) is 0 Å². The van der Waals surface area contributed by atoms with Crippen LogP contribution in [0.15, 0.2) is 0 Å². The molecule has 0 saturated carbocycles. The molecule has 0 saturated heterocycles. The van der Waals surface area contributed by atoms with E-state index < -0.39 is 0 Å². The van der Waals surface area contributed by atoms with E-state index in [2.05, 4.69) is 0 Å². The third-order valence-electron chi connectivity index (χ3n) is 0.713. The Hall–Kier alpha value is -0.0800. The zero-order valence-corrected chi connectivity index (χ0v) is 3.94. The summed E-state index contributed by atoms with van der Waals surface area (Å²) in [5, 5.41) is 8.15. The molecule has 0 aromatic carbocycles. The van der Waals surface area contributed by atoms with E-state index in [-0.39, 0.29) is 12.6 Å². The molecule has 0 amide bonds. The lowest BCUT2D eigenvalue weighted by molar-refractivity contribution is 0.259. The summed E-state index contributed by atoms with van der Waals surface area (Å²) in [4.78, 5) is 0. The molecule has 0 rings (SSSR count). The number of nitrogens with one attached hydrogen (secondary N) is 1. The minimum absolute atomic E-state index is 0.00347. The predicted molar refractivity (Wildman–Crippen MR) is 24.3 cm³/mol. The van der Waals surface area contributed by atoms with Crippen LogP contribution in [-0.4, -0.2) is 17.8 Å². The number of rotatable bonds is 2. The van der Waals surface area contributed by atoms with Crippen molar-refractivity contribution in [2.24, 2.45) is 0 Å². The van der Waals surface area contributed by atoms with Crippen LogP contribution in [0, 0.1) is 0 Å². The van der Waals surface area contributed by atoms with E-state index in [4.69, 9.17) is 10.8 Å². The van der Waals surface area contributed by atoms with Crippen molar-refractivity contribution in [3.05, 3.63) is 0 Å². The second kappa shape index (κ2) is 3.12. The van der Waals surface area contributed by atoms with E-state index in [1.807, 2.05) is 6.92 Å². The first-order valence-corrected chi connectivity index (χ1v) is 2.13. The molecule has 1 radical (unpaired) electrons. The van der Waals surface area contributed by atoms with Gasteiger partial charge in [0.25, 0.3) is 0 Å². The second-order valence-electron chi connectivity index (χ2n) is 1.29. The summed E-state index contributed by atoms with van der Waals surface area (Å²) in [5.74, 6) is 0. The summed E-state index contributed by atoms with van der Waals surface area (Å²) < 4.78 is 0. The van der Waals surface area contributed by atoms with Crippen LogP contribution in [0.2, 0.25) is 0 Å². The molecule has 6 heavy (non-hydrogen) atoms. The van der Waals surface area contributed by atoms with Gasteiger partial charge in [-0.15, -0.1) is 0 Å². The summed E-state index contributed by atoms with van der Waals surface area (Å²) in [6.45, 7) is 1.88. The van der Waals surface area contributed by atoms with Crippen molar-refractivity contribution in [3.63, 3.8) is 0 Å². The molecule has 0 aliphatic heterocycles. The first-order valence-electron chi connectivity index (χ1n) is 2.13. The first-order chi connectivity index (χ1) is 2.81. The van der Waals surface area contributed by atoms with Crippen LogP contribution in [0.3, 0.4) is 0 Å². The van der Waals surface area contributed by atoms with Gasteiger partial charge in [-0.05, 0) is 6.42 Å². The molecule has 0 bridgehead atoms. The fraction of sp³-hybridized carbons (Fsp3) is 1.00. The zero-order chi connectivity index (χ0) is 4.99. The van der Waals surface area contributed by atoms with Crippen LogP contribution in [-0.2, 0) is 0 Å². The van der Waals surface area contributed by atoms with Gasteiger partial charge in [-0.2, -0.15) is 0 Å². The minimum atomic E-state index is -0.259. The summed E-state index contributed by atoms with van der Waals surface area (Å²) in [5.41, 5.74) is 6.82. The van der Waals surface area contributed by atoms with E-state index in [0.717, 1.165) is 6.42 Å². The summed E-state index contributed by atoms with van der Waals surface area (Å²) in [7, 11) is 0. The fourth-order valence-corrected chi connectivity index (χ4v) is 0.129. The van der Waals surface area contributed by atoms with E-state index in [0.29, 0.717) is 0 Å². The van der Waals surface area contributed by atoms with Crippen LogP contribution in [0.1, 0.15) is 13.3 Å². The molecule has 0 heterocycles. The molecule has 1 atom stereocenters. The summed E-state index contributed by atoms with van der Waals surface area (Å²) in [6, 6.07) is -0.259. The summed E-state index contributed by atoms with van der Waals surface area (Å²) in [6.07, 6.45) is 0.747. The van der Waals surface area contributed by atoms with Crippen molar-refractivity contribution in [3.8, 4) is 0 Å². The Kier molecular flexibility index (Phi) is 3.08. The van der Waals surface area contributed by atoms with Crippen LogP contribution < -0.4 is 5.73 Å². The van der Waals surface area contributed by atoms with Gasteiger partial charge in [0.05, 0.1) is 6.61 Å². The lowest BCUT2D eigenvalue weighted by atomic mass is 10.3. The molecular formula is C4H10NO. The number of hydrogen-bond donors (Lipinski definition) is 1. The van der Waals surface area contributed by atoms with Crippen LogP contribution in [0.5, 0.6) is 0 Å². The topological polar surface area (TPSA) is 44.0 Å². The molecule has 0 aromatic rings. The number of hydrogen-bond acceptors (Lipinski definition) is 1. The van der Waals surface area contributed by atoms with Gasteiger partial charge in [0, 0.05) is 6.04 Å². The monoisotopic (exact) mass is 88.1 g/mol. The Morgan fingerprint density at radius 2 is 2.33 bits per heavy atom. The molecule has 0 aliphatic carbocycles. The smallest absolute Gasteiger partial charge is 0.0598 e. The Balaban J connectivity index is 2.75. The molecule has 0 spiro atoms. The van der Waals surface area contributed by atoms with Crippen LogP contribution >= 0.6 is 0 Å². The average Bonchev–Trinajstić information content (AvgIpc) is 1.65. The third kappa shape index (κ3) is 2.18. The Morgan fingerprint density at radius 1 is 1.83 bits per heavy atom. The van der Waals surface area contributed by atoms with Gasteiger partial charge in [-0.25, -0.2) is 0 Å². The van der Waals surface area contributed by atoms with Crippen molar-refractivity contribution in [2.45, 2.75) is 19.4 Å². The molecule has 0 aliphatic rings. The fourth-order valence-electron chi connectivity index (χ4n) is 0.129. The van der Waals surface area contributed by atoms with Gasteiger partial charge >= 0.3 is 0 Å². The van der Waals surface area contributed by atoms with Gasteiger partial charge in [0.2, 0.25) is 0 Å². The number of aliphatic hydroxyl groups excluding tert-OH is 1. The van der Waals surface area contributed by atoms with E-state index >= 15 is 0 Å². The molecule has 2 N–H and O–H groups in total. The van der Waals surface area contributed by atoms with Crippen molar-refractivity contribution >= 4 is 0 Å². The van der Waals surface area contributed by atoms with Crippen molar-refractivity contribution in [1.29, 1.82) is 0 Å². The maximum atomic E-state index is 8.15.